The predicted octanol–water partition coefficient (Wildman–Crippen LogP) is 7.85. The number of nitrogen functional groups attached to an aromatic ring is 1. The van der Waals surface area contributed by atoms with Crippen molar-refractivity contribution in [3.05, 3.63) is 116 Å². The Balaban J connectivity index is 0.897. The Labute approximate surface area is 301 Å². The standard InChI is InChI=1S/C40H38N10O2/c1-51-36-24-31(50(40-43-17-12-37(41)47-40)32-23-29-7-3-5-9-34(29)45-26-32)10-11-35(36)52-21-16-27-14-19-49(20-15-27)39-42-18-13-38(48-39)46-30-22-28-6-2-4-8-33(28)44-25-30/h2-13,17-18,22-27H,14-16,19-21H2,1H3,(H2,41,43,47)(H,42,46,48). The third kappa shape index (κ3) is 7.17. The van der Waals surface area contributed by atoms with Gasteiger partial charge in [0.1, 0.15) is 11.6 Å². The number of methoxy groups -OCH3 is 1. The molecule has 3 aromatic carbocycles. The number of aromatic nitrogens is 6. The first kappa shape index (κ1) is 32.6. The van der Waals surface area contributed by atoms with Crippen LogP contribution in [0, 0.1) is 5.92 Å². The number of nitrogens with zero attached hydrogens (tertiary/aromatic N) is 8. The van der Waals surface area contributed by atoms with E-state index in [1.54, 1.807) is 31.8 Å². The highest BCUT2D eigenvalue weighted by Gasteiger charge is 2.23. The van der Waals surface area contributed by atoms with E-state index in [0.29, 0.717) is 35.8 Å². The van der Waals surface area contributed by atoms with Gasteiger partial charge in [-0.3, -0.25) is 14.9 Å². The Bertz CT molecular complexity index is 2330. The summed E-state index contributed by atoms with van der Waals surface area (Å²) in [6, 6.07) is 29.5. The lowest BCUT2D eigenvalue weighted by Gasteiger charge is -2.32. The van der Waals surface area contributed by atoms with Crippen molar-refractivity contribution in [1.29, 1.82) is 0 Å². The molecule has 1 saturated heterocycles. The lowest BCUT2D eigenvalue weighted by Crippen LogP contribution is -2.35. The van der Waals surface area contributed by atoms with Crippen molar-refractivity contribution >= 4 is 62.4 Å². The summed E-state index contributed by atoms with van der Waals surface area (Å²) in [6.07, 6.45) is 10.1. The van der Waals surface area contributed by atoms with E-state index in [0.717, 1.165) is 83.0 Å². The molecule has 8 rings (SSSR count). The van der Waals surface area contributed by atoms with E-state index in [1.165, 1.54) is 0 Å². The lowest BCUT2D eigenvalue weighted by molar-refractivity contribution is 0.248. The van der Waals surface area contributed by atoms with Gasteiger partial charge in [-0.05, 0) is 73.7 Å². The van der Waals surface area contributed by atoms with E-state index in [1.807, 2.05) is 77.8 Å². The maximum Gasteiger partial charge on any atom is 0.236 e. The Kier molecular flexibility index (Phi) is 9.25. The van der Waals surface area contributed by atoms with Gasteiger partial charge in [0.05, 0.1) is 54.2 Å². The van der Waals surface area contributed by atoms with Gasteiger partial charge >= 0.3 is 0 Å². The largest absolute Gasteiger partial charge is 0.493 e. The zero-order valence-corrected chi connectivity index (χ0v) is 28.8. The number of ether oxygens (including phenoxy) is 2. The van der Waals surface area contributed by atoms with Gasteiger partial charge in [0.2, 0.25) is 11.9 Å². The Morgan fingerprint density at radius 3 is 2.31 bits per heavy atom. The van der Waals surface area contributed by atoms with Gasteiger partial charge in [-0.1, -0.05) is 36.4 Å². The summed E-state index contributed by atoms with van der Waals surface area (Å²) in [6.45, 7) is 2.34. The summed E-state index contributed by atoms with van der Waals surface area (Å²) in [5.74, 6) is 4.09. The molecule has 1 fully saturated rings. The number of nitrogens with one attached hydrogen (secondary N) is 1. The quantitative estimate of drug-likeness (QED) is 0.137. The molecule has 0 radical (unpaired) electrons. The van der Waals surface area contributed by atoms with Gasteiger partial charge in [0.15, 0.2) is 11.5 Å². The highest BCUT2D eigenvalue weighted by Crippen LogP contribution is 2.39. The summed E-state index contributed by atoms with van der Waals surface area (Å²) in [7, 11) is 1.64. The third-order valence-corrected chi connectivity index (χ3v) is 9.29. The minimum absolute atomic E-state index is 0.370. The number of benzene rings is 3. The number of rotatable bonds is 11. The maximum absolute atomic E-state index is 6.31. The second-order valence-electron chi connectivity index (χ2n) is 12.7. The van der Waals surface area contributed by atoms with Crippen molar-refractivity contribution < 1.29 is 9.47 Å². The van der Waals surface area contributed by atoms with E-state index >= 15 is 0 Å². The number of fused-ring (bicyclic) bond motifs is 2. The van der Waals surface area contributed by atoms with Gasteiger partial charge in [-0.15, -0.1) is 0 Å². The number of pyridine rings is 2. The van der Waals surface area contributed by atoms with Crippen molar-refractivity contribution in [1.82, 2.24) is 29.9 Å². The molecule has 0 atom stereocenters. The highest BCUT2D eigenvalue weighted by molar-refractivity contribution is 5.85. The number of para-hydroxylation sites is 2. The number of hydrogen-bond acceptors (Lipinski definition) is 12. The lowest BCUT2D eigenvalue weighted by atomic mass is 9.94. The summed E-state index contributed by atoms with van der Waals surface area (Å²) in [5, 5.41) is 5.47. The van der Waals surface area contributed by atoms with Gasteiger partial charge in [-0.2, -0.15) is 9.97 Å². The first-order valence-corrected chi connectivity index (χ1v) is 17.3. The average Bonchev–Trinajstić information content (AvgIpc) is 3.19. The summed E-state index contributed by atoms with van der Waals surface area (Å²) < 4.78 is 12.1. The first-order chi connectivity index (χ1) is 25.6. The first-order valence-electron chi connectivity index (χ1n) is 17.3. The van der Waals surface area contributed by atoms with Crippen LogP contribution in [-0.2, 0) is 0 Å². The molecule has 5 heterocycles. The zero-order chi connectivity index (χ0) is 35.3. The molecular weight excluding hydrogens is 653 g/mol. The highest BCUT2D eigenvalue weighted by atomic mass is 16.5. The number of anilines is 7. The van der Waals surface area contributed by atoms with Crippen LogP contribution in [0.2, 0.25) is 0 Å². The number of nitrogens with two attached hydrogens (primary N) is 1. The molecule has 0 aliphatic carbocycles. The van der Waals surface area contributed by atoms with Crippen LogP contribution in [0.1, 0.15) is 19.3 Å². The number of piperidine rings is 1. The molecule has 52 heavy (non-hydrogen) atoms. The van der Waals surface area contributed by atoms with Gasteiger partial charge in [0.25, 0.3) is 0 Å². The molecular formula is C40H38N10O2. The van der Waals surface area contributed by atoms with E-state index in [-0.39, 0.29) is 0 Å². The minimum Gasteiger partial charge on any atom is -0.493 e. The monoisotopic (exact) mass is 690 g/mol. The molecule has 0 saturated carbocycles. The van der Waals surface area contributed by atoms with Crippen LogP contribution in [0.4, 0.5) is 40.6 Å². The van der Waals surface area contributed by atoms with Crippen molar-refractivity contribution in [2.75, 3.05) is 47.7 Å². The van der Waals surface area contributed by atoms with E-state index < -0.39 is 0 Å². The fourth-order valence-corrected chi connectivity index (χ4v) is 6.56. The average molecular weight is 691 g/mol. The smallest absolute Gasteiger partial charge is 0.236 e. The molecule has 3 N–H and O–H groups in total. The molecule has 0 spiro atoms. The van der Waals surface area contributed by atoms with Gasteiger partial charge in [-0.25, -0.2) is 9.97 Å². The molecule has 12 heteroatoms. The molecule has 4 aromatic heterocycles. The SMILES string of the molecule is COc1cc(N(c2cnc3ccccc3c2)c2nccc(N)n2)ccc1OCCC1CCN(c2nccc(Nc3cnc4ccccc4c3)n2)CC1. The third-order valence-electron chi connectivity index (χ3n) is 9.29. The molecule has 0 bridgehead atoms. The second-order valence-corrected chi connectivity index (χ2v) is 12.7. The minimum atomic E-state index is 0.370. The van der Waals surface area contributed by atoms with Crippen molar-refractivity contribution in [3.8, 4) is 11.5 Å². The van der Waals surface area contributed by atoms with Crippen molar-refractivity contribution in [3.63, 3.8) is 0 Å². The molecule has 260 valence electrons. The van der Waals surface area contributed by atoms with Crippen LogP contribution in [0.3, 0.4) is 0 Å². The summed E-state index contributed by atoms with van der Waals surface area (Å²) in [5.41, 5.74) is 10.4. The Morgan fingerprint density at radius 2 is 1.52 bits per heavy atom. The van der Waals surface area contributed by atoms with Crippen LogP contribution >= 0.6 is 0 Å². The molecule has 12 nitrogen and oxygen atoms in total. The molecule has 7 aromatic rings. The Hall–Kier alpha value is -6.56. The van der Waals surface area contributed by atoms with Crippen LogP contribution in [0.15, 0.2) is 116 Å². The molecule has 0 unspecified atom stereocenters. The topological polar surface area (TPSA) is 140 Å². The molecule has 1 aliphatic rings. The predicted molar refractivity (Wildman–Crippen MR) is 205 cm³/mol. The molecule has 1 aliphatic heterocycles. The normalized spacial score (nSPS) is 13.3. The van der Waals surface area contributed by atoms with Crippen molar-refractivity contribution in [2.45, 2.75) is 19.3 Å². The second kappa shape index (κ2) is 14.7. The van der Waals surface area contributed by atoms with Crippen molar-refractivity contribution in [2.24, 2.45) is 5.92 Å². The van der Waals surface area contributed by atoms with Crippen LogP contribution in [0.25, 0.3) is 21.8 Å². The van der Waals surface area contributed by atoms with E-state index in [9.17, 15) is 0 Å². The van der Waals surface area contributed by atoms with E-state index in [4.69, 9.17) is 20.2 Å². The van der Waals surface area contributed by atoms with Crippen LogP contribution < -0.4 is 30.3 Å². The summed E-state index contributed by atoms with van der Waals surface area (Å²) >= 11 is 0. The van der Waals surface area contributed by atoms with Crippen LogP contribution in [-0.4, -0.2) is 56.7 Å². The summed E-state index contributed by atoms with van der Waals surface area (Å²) in [4.78, 5) is 31.8. The fourth-order valence-electron chi connectivity index (χ4n) is 6.56. The fraction of sp³-hybridized carbons (Fsp3) is 0.200. The van der Waals surface area contributed by atoms with E-state index in [2.05, 4.69) is 53.3 Å². The Morgan fingerprint density at radius 1 is 0.769 bits per heavy atom. The molecule has 0 amide bonds. The number of hydrogen-bond donors (Lipinski definition) is 2. The van der Waals surface area contributed by atoms with Crippen LogP contribution in [0.5, 0.6) is 11.5 Å². The maximum atomic E-state index is 6.31. The van der Waals surface area contributed by atoms with Gasteiger partial charge < -0.3 is 25.4 Å². The zero-order valence-electron chi connectivity index (χ0n) is 28.8. The van der Waals surface area contributed by atoms with Gasteiger partial charge in [0, 0.05) is 42.3 Å².